The van der Waals surface area contributed by atoms with Crippen molar-refractivity contribution in [1.29, 1.82) is 0 Å². The fourth-order valence-corrected chi connectivity index (χ4v) is 2.11. The lowest BCUT2D eigenvalue weighted by Gasteiger charge is -2.12. The van der Waals surface area contributed by atoms with Gasteiger partial charge in [-0.3, -0.25) is 4.79 Å². The van der Waals surface area contributed by atoms with Crippen LogP contribution < -0.4 is 16.0 Å². The highest BCUT2D eigenvalue weighted by atomic mass is 16.5. The van der Waals surface area contributed by atoms with E-state index >= 15 is 0 Å². The number of carbonyl (C=O) groups excluding carboxylic acids is 2. The van der Waals surface area contributed by atoms with E-state index in [0.29, 0.717) is 31.1 Å². The van der Waals surface area contributed by atoms with Crippen molar-refractivity contribution in [2.45, 2.75) is 33.1 Å². The molecule has 1 fully saturated rings. The summed E-state index contributed by atoms with van der Waals surface area (Å²) < 4.78 is 5.22. The third-order valence-electron chi connectivity index (χ3n) is 3.66. The lowest BCUT2D eigenvalue weighted by molar-refractivity contribution is -0.117. The molecular formula is C17H25N3O3. The fraction of sp³-hybridized carbons (Fsp3) is 0.529. The zero-order valence-corrected chi connectivity index (χ0v) is 13.8. The minimum Gasteiger partial charge on any atom is -0.382 e. The van der Waals surface area contributed by atoms with Crippen LogP contribution in [-0.2, 0) is 9.53 Å². The summed E-state index contributed by atoms with van der Waals surface area (Å²) in [5, 5.41) is 8.49. The van der Waals surface area contributed by atoms with Gasteiger partial charge in [0.2, 0.25) is 5.91 Å². The molecule has 126 valence electrons. The van der Waals surface area contributed by atoms with Crippen molar-refractivity contribution < 1.29 is 14.3 Å². The van der Waals surface area contributed by atoms with E-state index in [4.69, 9.17) is 4.74 Å². The van der Waals surface area contributed by atoms with E-state index in [1.807, 2.05) is 26.0 Å². The molecule has 0 bridgehead atoms. The van der Waals surface area contributed by atoms with Gasteiger partial charge in [0.1, 0.15) is 0 Å². The zero-order valence-electron chi connectivity index (χ0n) is 13.8. The molecule has 0 spiro atoms. The molecule has 1 aromatic rings. The molecule has 0 heterocycles. The van der Waals surface area contributed by atoms with E-state index in [2.05, 4.69) is 16.0 Å². The molecule has 1 aliphatic rings. The second kappa shape index (κ2) is 8.53. The number of urea groups is 1. The van der Waals surface area contributed by atoms with Gasteiger partial charge in [-0.2, -0.15) is 0 Å². The molecule has 1 aliphatic carbocycles. The van der Waals surface area contributed by atoms with Crippen molar-refractivity contribution in [2.75, 3.05) is 30.4 Å². The minimum atomic E-state index is -0.254. The van der Waals surface area contributed by atoms with Gasteiger partial charge in [0.25, 0.3) is 0 Å². The lowest BCUT2D eigenvalue weighted by Crippen LogP contribution is -2.30. The number of carbonyl (C=O) groups is 2. The molecule has 0 aromatic heterocycles. The van der Waals surface area contributed by atoms with E-state index < -0.39 is 0 Å². The second-order valence-corrected chi connectivity index (χ2v) is 5.72. The number of nitrogens with one attached hydrogen (secondary N) is 3. The molecule has 0 saturated heterocycles. The molecule has 3 amide bonds. The molecule has 0 radical (unpaired) electrons. The van der Waals surface area contributed by atoms with Crippen LogP contribution in [0.3, 0.4) is 0 Å². The SMILES string of the molecule is CCOCCCNC(=O)Nc1cc(NC(=O)C2CC2)ccc1C. The van der Waals surface area contributed by atoms with Crippen LogP contribution in [0.2, 0.25) is 0 Å². The van der Waals surface area contributed by atoms with Gasteiger partial charge < -0.3 is 20.7 Å². The smallest absolute Gasteiger partial charge is 0.319 e. The molecule has 1 saturated carbocycles. The summed E-state index contributed by atoms with van der Waals surface area (Å²) in [7, 11) is 0. The third-order valence-corrected chi connectivity index (χ3v) is 3.66. The average molecular weight is 319 g/mol. The predicted molar refractivity (Wildman–Crippen MR) is 90.7 cm³/mol. The van der Waals surface area contributed by atoms with Crippen LogP contribution in [0.25, 0.3) is 0 Å². The summed E-state index contributed by atoms with van der Waals surface area (Å²) in [6.07, 6.45) is 2.71. The monoisotopic (exact) mass is 319 g/mol. The van der Waals surface area contributed by atoms with Crippen LogP contribution in [0.15, 0.2) is 18.2 Å². The summed E-state index contributed by atoms with van der Waals surface area (Å²) in [5.41, 5.74) is 2.35. The summed E-state index contributed by atoms with van der Waals surface area (Å²) in [5.74, 6) is 0.210. The first-order chi connectivity index (χ1) is 11.1. The van der Waals surface area contributed by atoms with Gasteiger partial charge in [0.05, 0.1) is 0 Å². The van der Waals surface area contributed by atoms with E-state index in [0.717, 1.165) is 24.8 Å². The van der Waals surface area contributed by atoms with Crippen LogP contribution in [0.5, 0.6) is 0 Å². The van der Waals surface area contributed by atoms with Crippen molar-refractivity contribution in [3.05, 3.63) is 23.8 Å². The fourth-order valence-electron chi connectivity index (χ4n) is 2.11. The standard InChI is InChI=1S/C17H25N3O3/c1-3-23-10-4-9-18-17(22)20-15-11-14(8-5-12(15)2)19-16(21)13-6-7-13/h5,8,11,13H,3-4,6-7,9-10H2,1-2H3,(H,19,21)(H2,18,20,22). The van der Waals surface area contributed by atoms with Gasteiger partial charge >= 0.3 is 6.03 Å². The molecule has 0 atom stereocenters. The molecule has 0 aliphatic heterocycles. The van der Waals surface area contributed by atoms with Crippen molar-refractivity contribution in [3.8, 4) is 0 Å². The normalized spacial score (nSPS) is 13.5. The molecule has 3 N–H and O–H groups in total. The summed E-state index contributed by atoms with van der Waals surface area (Å²) in [6.45, 7) is 5.74. The maximum atomic E-state index is 11.9. The molecule has 6 heteroatoms. The Balaban J connectivity index is 1.83. The lowest BCUT2D eigenvalue weighted by atomic mass is 10.1. The van der Waals surface area contributed by atoms with Crippen molar-refractivity contribution >= 4 is 23.3 Å². The van der Waals surface area contributed by atoms with Gasteiger partial charge in [-0.05, 0) is 50.8 Å². The van der Waals surface area contributed by atoms with Crippen LogP contribution in [0.4, 0.5) is 16.2 Å². The molecular weight excluding hydrogens is 294 g/mol. The maximum absolute atomic E-state index is 11.9. The minimum absolute atomic E-state index is 0.0557. The number of aryl methyl sites for hydroxylation is 1. The number of hydrogen-bond acceptors (Lipinski definition) is 3. The highest BCUT2D eigenvalue weighted by Gasteiger charge is 2.29. The van der Waals surface area contributed by atoms with Crippen molar-refractivity contribution in [2.24, 2.45) is 5.92 Å². The van der Waals surface area contributed by atoms with E-state index in [9.17, 15) is 9.59 Å². The number of anilines is 2. The Bertz CT molecular complexity index is 556. The molecule has 23 heavy (non-hydrogen) atoms. The Morgan fingerprint density at radius 1 is 1.26 bits per heavy atom. The number of ether oxygens (including phenoxy) is 1. The van der Waals surface area contributed by atoms with Crippen LogP contribution in [0, 0.1) is 12.8 Å². The van der Waals surface area contributed by atoms with Crippen molar-refractivity contribution in [1.82, 2.24) is 5.32 Å². The first kappa shape index (κ1) is 17.3. The van der Waals surface area contributed by atoms with Crippen molar-refractivity contribution in [3.63, 3.8) is 0 Å². The van der Waals surface area contributed by atoms with E-state index in [-0.39, 0.29) is 17.9 Å². The predicted octanol–water partition coefficient (Wildman–Crippen LogP) is 2.89. The first-order valence-corrected chi connectivity index (χ1v) is 8.14. The topological polar surface area (TPSA) is 79.5 Å². The third kappa shape index (κ3) is 5.90. The highest BCUT2D eigenvalue weighted by Crippen LogP contribution is 2.30. The zero-order chi connectivity index (χ0) is 16.7. The number of hydrogen-bond donors (Lipinski definition) is 3. The average Bonchev–Trinajstić information content (AvgIpc) is 3.35. The molecule has 1 aromatic carbocycles. The Hall–Kier alpha value is -2.08. The molecule has 0 unspecified atom stereocenters. The Morgan fingerprint density at radius 2 is 2.04 bits per heavy atom. The highest BCUT2D eigenvalue weighted by molar-refractivity contribution is 5.96. The Morgan fingerprint density at radius 3 is 2.74 bits per heavy atom. The van der Waals surface area contributed by atoms with E-state index in [1.54, 1.807) is 6.07 Å². The Labute approximate surface area is 137 Å². The van der Waals surface area contributed by atoms with Gasteiger partial charge in [0.15, 0.2) is 0 Å². The Kier molecular flexibility index (Phi) is 6.40. The van der Waals surface area contributed by atoms with Gasteiger partial charge in [-0.1, -0.05) is 6.07 Å². The summed E-state index contributed by atoms with van der Waals surface area (Å²) in [4.78, 5) is 23.7. The largest absolute Gasteiger partial charge is 0.382 e. The van der Waals surface area contributed by atoms with Crippen LogP contribution >= 0.6 is 0 Å². The number of benzene rings is 1. The maximum Gasteiger partial charge on any atom is 0.319 e. The van der Waals surface area contributed by atoms with E-state index in [1.165, 1.54) is 0 Å². The second-order valence-electron chi connectivity index (χ2n) is 5.72. The molecule has 2 rings (SSSR count). The summed E-state index contributed by atoms with van der Waals surface area (Å²) in [6, 6.07) is 5.26. The van der Waals surface area contributed by atoms with Gasteiger partial charge in [0, 0.05) is 37.1 Å². The number of amides is 3. The van der Waals surface area contributed by atoms with Gasteiger partial charge in [-0.15, -0.1) is 0 Å². The summed E-state index contributed by atoms with van der Waals surface area (Å²) >= 11 is 0. The number of rotatable bonds is 8. The van der Waals surface area contributed by atoms with Crippen LogP contribution in [0.1, 0.15) is 31.7 Å². The quantitative estimate of drug-likeness (QED) is 0.645. The van der Waals surface area contributed by atoms with Gasteiger partial charge in [-0.25, -0.2) is 4.79 Å². The first-order valence-electron chi connectivity index (χ1n) is 8.14. The molecule has 6 nitrogen and oxygen atoms in total. The van der Waals surface area contributed by atoms with Crippen LogP contribution in [-0.4, -0.2) is 31.7 Å².